The van der Waals surface area contributed by atoms with Crippen molar-refractivity contribution in [3.8, 4) is 0 Å². The van der Waals surface area contributed by atoms with Gasteiger partial charge in [-0.05, 0) is 53.5 Å². The van der Waals surface area contributed by atoms with E-state index in [0.717, 1.165) is 37.8 Å². The first-order valence-electron chi connectivity index (χ1n) is 9.39. The Morgan fingerprint density at radius 2 is 1.35 bits per heavy atom. The second-order valence-corrected chi connectivity index (χ2v) is 7.15. The number of hydrogen-bond donors (Lipinski definition) is 1. The third-order valence-corrected chi connectivity index (χ3v) is 5.42. The molecule has 5 rings (SSSR count). The molecule has 2 aromatic carbocycles. The number of aryl methyl sites for hydroxylation is 2. The molecule has 0 atom stereocenters. The van der Waals surface area contributed by atoms with Gasteiger partial charge in [0.15, 0.2) is 0 Å². The Hall–Kier alpha value is -2.68. The van der Waals surface area contributed by atoms with Crippen LogP contribution in [0.4, 0.5) is 0 Å². The van der Waals surface area contributed by atoms with Crippen molar-refractivity contribution in [1.82, 2.24) is 5.32 Å². The van der Waals surface area contributed by atoms with Gasteiger partial charge in [-0.25, -0.2) is 0 Å². The van der Waals surface area contributed by atoms with Gasteiger partial charge in [0, 0.05) is 25.0 Å². The van der Waals surface area contributed by atoms with Gasteiger partial charge in [0.1, 0.15) is 5.78 Å². The van der Waals surface area contributed by atoms with Crippen LogP contribution in [0.25, 0.3) is 5.57 Å². The van der Waals surface area contributed by atoms with Gasteiger partial charge in [-0.2, -0.15) is 0 Å². The van der Waals surface area contributed by atoms with Crippen molar-refractivity contribution >= 4 is 17.3 Å². The van der Waals surface area contributed by atoms with Crippen molar-refractivity contribution in [3.63, 3.8) is 0 Å². The summed E-state index contributed by atoms with van der Waals surface area (Å²) in [5.74, 6) is 0.553. The predicted molar refractivity (Wildman–Crippen MR) is 103 cm³/mol. The topological polar surface area (TPSA) is 46.2 Å². The zero-order chi connectivity index (χ0) is 17.9. The summed E-state index contributed by atoms with van der Waals surface area (Å²) in [6.45, 7) is 0. The van der Waals surface area contributed by atoms with Crippen LogP contribution in [0.5, 0.6) is 0 Å². The number of ketones is 1. The minimum Gasteiger partial charge on any atom is -0.329 e. The SMILES string of the molecule is O=C1CCC2=C(CCc3ccccc32)N1.O=C1CCc2ccccc2C1. The Labute approximate surface area is 154 Å². The van der Waals surface area contributed by atoms with E-state index in [9.17, 15) is 9.59 Å². The third kappa shape index (κ3) is 3.48. The lowest BCUT2D eigenvalue weighted by atomic mass is 9.85. The molecule has 132 valence electrons. The summed E-state index contributed by atoms with van der Waals surface area (Å²) >= 11 is 0. The van der Waals surface area contributed by atoms with Crippen LogP contribution in [0.3, 0.4) is 0 Å². The summed E-state index contributed by atoms with van der Waals surface area (Å²) in [5, 5.41) is 3.00. The molecule has 0 unspecified atom stereocenters. The summed E-state index contributed by atoms with van der Waals surface area (Å²) in [4.78, 5) is 22.3. The number of allylic oxidation sites excluding steroid dienone is 2. The molecule has 0 aromatic heterocycles. The number of carbonyl (C=O) groups is 2. The Kier molecular flexibility index (Phi) is 4.70. The van der Waals surface area contributed by atoms with Crippen LogP contribution < -0.4 is 5.32 Å². The quantitative estimate of drug-likeness (QED) is 0.784. The number of nitrogens with one attached hydrogen (secondary N) is 1. The van der Waals surface area contributed by atoms with E-state index in [2.05, 4.69) is 35.6 Å². The standard InChI is InChI=1S/C13H13NO.C10H10O/c15-13-8-6-11-10-4-2-1-3-9(10)5-7-12(11)14-13;11-10-6-5-8-3-1-2-4-9(8)7-10/h1-4H,5-8H2,(H,14,15);1-4H,5-7H2. The number of benzene rings is 2. The largest absolute Gasteiger partial charge is 0.329 e. The van der Waals surface area contributed by atoms with E-state index < -0.39 is 0 Å². The fourth-order valence-electron chi connectivity index (χ4n) is 4.05. The molecule has 0 bridgehead atoms. The summed E-state index contributed by atoms with van der Waals surface area (Å²) in [7, 11) is 0. The van der Waals surface area contributed by atoms with Crippen LogP contribution in [-0.4, -0.2) is 11.7 Å². The smallest absolute Gasteiger partial charge is 0.224 e. The number of hydrogen-bond acceptors (Lipinski definition) is 2. The number of carbonyl (C=O) groups excluding carboxylic acids is 2. The lowest BCUT2D eigenvalue weighted by Gasteiger charge is -2.27. The van der Waals surface area contributed by atoms with Gasteiger partial charge in [-0.3, -0.25) is 9.59 Å². The van der Waals surface area contributed by atoms with Gasteiger partial charge >= 0.3 is 0 Å². The fourth-order valence-corrected chi connectivity index (χ4v) is 4.05. The second kappa shape index (κ2) is 7.28. The maximum absolute atomic E-state index is 11.3. The van der Waals surface area contributed by atoms with E-state index in [4.69, 9.17) is 0 Å². The van der Waals surface area contributed by atoms with E-state index in [0.29, 0.717) is 18.6 Å². The van der Waals surface area contributed by atoms with Gasteiger partial charge in [-0.1, -0.05) is 48.5 Å². The van der Waals surface area contributed by atoms with Crippen molar-refractivity contribution in [3.05, 3.63) is 76.5 Å². The molecule has 0 spiro atoms. The molecule has 1 heterocycles. The Bertz CT molecular complexity index is 895. The average molecular weight is 345 g/mol. The van der Waals surface area contributed by atoms with E-state index in [1.165, 1.54) is 27.8 Å². The highest BCUT2D eigenvalue weighted by molar-refractivity contribution is 5.87. The van der Waals surface area contributed by atoms with E-state index in [1.54, 1.807) is 0 Å². The summed E-state index contributed by atoms with van der Waals surface area (Å²) in [6.07, 6.45) is 5.89. The third-order valence-electron chi connectivity index (χ3n) is 5.42. The molecule has 2 aliphatic carbocycles. The van der Waals surface area contributed by atoms with Crippen LogP contribution >= 0.6 is 0 Å². The molecule has 1 amide bonds. The minimum atomic E-state index is 0.174. The molecular weight excluding hydrogens is 322 g/mol. The molecule has 1 aliphatic heterocycles. The highest BCUT2D eigenvalue weighted by Crippen LogP contribution is 2.34. The van der Waals surface area contributed by atoms with Crippen LogP contribution in [0, 0.1) is 0 Å². The first kappa shape index (κ1) is 16.8. The van der Waals surface area contributed by atoms with Gasteiger partial charge in [0.05, 0.1) is 0 Å². The number of fused-ring (bicyclic) bond motifs is 3. The van der Waals surface area contributed by atoms with E-state index in [-0.39, 0.29) is 5.91 Å². The van der Waals surface area contributed by atoms with Crippen molar-refractivity contribution in [2.75, 3.05) is 0 Å². The van der Waals surface area contributed by atoms with Gasteiger partial charge in [0.2, 0.25) is 5.91 Å². The second-order valence-electron chi connectivity index (χ2n) is 7.15. The van der Waals surface area contributed by atoms with Crippen molar-refractivity contribution in [2.24, 2.45) is 0 Å². The van der Waals surface area contributed by atoms with Crippen LogP contribution in [0.1, 0.15) is 47.9 Å². The molecule has 0 saturated heterocycles. The average Bonchev–Trinajstić information content (AvgIpc) is 2.68. The van der Waals surface area contributed by atoms with Crippen LogP contribution in [0.2, 0.25) is 0 Å². The van der Waals surface area contributed by atoms with Crippen molar-refractivity contribution in [1.29, 1.82) is 0 Å². The van der Waals surface area contributed by atoms with Gasteiger partial charge in [0.25, 0.3) is 0 Å². The van der Waals surface area contributed by atoms with Crippen LogP contribution in [-0.2, 0) is 28.9 Å². The molecule has 1 N–H and O–H groups in total. The number of rotatable bonds is 0. The van der Waals surface area contributed by atoms with E-state index in [1.807, 2.05) is 18.2 Å². The van der Waals surface area contributed by atoms with Gasteiger partial charge < -0.3 is 5.32 Å². The summed E-state index contributed by atoms with van der Waals surface area (Å²) in [5.41, 5.74) is 7.86. The molecule has 0 fully saturated rings. The number of amides is 1. The maximum Gasteiger partial charge on any atom is 0.224 e. The molecule has 0 radical (unpaired) electrons. The van der Waals surface area contributed by atoms with Crippen LogP contribution in [0.15, 0.2) is 54.2 Å². The first-order chi connectivity index (χ1) is 12.7. The first-order valence-corrected chi connectivity index (χ1v) is 9.39. The molecule has 26 heavy (non-hydrogen) atoms. The summed E-state index contributed by atoms with van der Waals surface area (Å²) < 4.78 is 0. The Morgan fingerprint density at radius 3 is 2.19 bits per heavy atom. The van der Waals surface area contributed by atoms with E-state index >= 15 is 0 Å². The van der Waals surface area contributed by atoms with Crippen molar-refractivity contribution < 1.29 is 9.59 Å². The molecular formula is C23H23NO2. The predicted octanol–water partition coefficient (Wildman–Crippen LogP) is 4.00. The fraction of sp³-hybridized carbons (Fsp3) is 0.304. The monoisotopic (exact) mass is 345 g/mol. The van der Waals surface area contributed by atoms with Crippen molar-refractivity contribution in [2.45, 2.75) is 44.9 Å². The maximum atomic E-state index is 11.3. The molecule has 0 saturated carbocycles. The molecule has 3 heteroatoms. The number of Topliss-reactive ketones (excluding diaryl/α,β-unsaturated/α-hetero) is 1. The van der Waals surface area contributed by atoms with Gasteiger partial charge in [-0.15, -0.1) is 0 Å². The highest BCUT2D eigenvalue weighted by Gasteiger charge is 2.23. The molecule has 3 aliphatic rings. The summed E-state index contributed by atoms with van der Waals surface area (Å²) in [6, 6.07) is 16.7. The lowest BCUT2D eigenvalue weighted by Crippen LogP contribution is -2.29. The molecule has 3 nitrogen and oxygen atoms in total. The zero-order valence-corrected chi connectivity index (χ0v) is 14.9. The normalized spacial score (nSPS) is 18.0. The molecule has 2 aromatic rings. The lowest BCUT2D eigenvalue weighted by molar-refractivity contribution is -0.120. The Morgan fingerprint density at radius 1 is 0.654 bits per heavy atom. The zero-order valence-electron chi connectivity index (χ0n) is 14.9. The minimum absolute atomic E-state index is 0.174. The Balaban J connectivity index is 0.000000136. The highest BCUT2D eigenvalue weighted by atomic mass is 16.1.